The molecule has 16 nitrogen and oxygen atoms in total. The van der Waals surface area contributed by atoms with Crippen molar-refractivity contribution in [3.63, 3.8) is 0 Å². The summed E-state index contributed by atoms with van der Waals surface area (Å²) in [5.74, 6) is -3.83. The zero-order valence-corrected chi connectivity index (χ0v) is 46.1. The van der Waals surface area contributed by atoms with Gasteiger partial charge in [0.1, 0.15) is 23.5 Å². The van der Waals surface area contributed by atoms with Crippen molar-refractivity contribution < 1.29 is 82.4 Å². The lowest BCUT2D eigenvalue weighted by Gasteiger charge is -2.48. The summed E-state index contributed by atoms with van der Waals surface area (Å²) in [4.78, 5) is 65.8. The van der Waals surface area contributed by atoms with E-state index in [-0.39, 0.29) is 12.0 Å². The van der Waals surface area contributed by atoms with Crippen LogP contribution in [0.2, 0.25) is 0 Å². The summed E-state index contributed by atoms with van der Waals surface area (Å²) in [5.41, 5.74) is 2.26. The average molecular weight is 1170 g/mol. The zero-order valence-electron chi connectivity index (χ0n) is 46.1. The fourth-order valence-electron chi connectivity index (χ4n) is 10.3. The van der Waals surface area contributed by atoms with Gasteiger partial charge >= 0.3 is 31.0 Å². The van der Waals surface area contributed by atoms with E-state index < -0.39 is 126 Å². The Hall–Kier alpha value is -6.82. The van der Waals surface area contributed by atoms with Gasteiger partial charge in [-0.05, 0) is 93.0 Å². The van der Waals surface area contributed by atoms with Crippen LogP contribution in [0.5, 0.6) is 0 Å². The summed E-state index contributed by atoms with van der Waals surface area (Å²) in [6.07, 6.45) is -11.2. The molecule has 1 aromatic heterocycles. The number of Topliss-reactive ketones (excluding diaryl/α,β-unsaturated/α-hetero) is 1. The van der Waals surface area contributed by atoms with Crippen LogP contribution < -0.4 is 21.4 Å². The maximum absolute atomic E-state index is 16.1. The number of alkyl halides is 8. The van der Waals surface area contributed by atoms with E-state index in [1.807, 2.05) is 18.3 Å². The van der Waals surface area contributed by atoms with E-state index in [4.69, 9.17) is 15.5 Å². The number of hydrazine groups is 1. The Kier molecular flexibility index (Phi) is 20.9. The number of amides is 2. The highest BCUT2D eigenvalue weighted by Gasteiger charge is 2.57. The van der Waals surface area contributed by atoms with E-state index in [1.165, 1.54) is 12.1 Å². The van der Waals surface area contributed by atoms with Gasteiger partial charge in [-0.2, -0.15) is 35.1 Å². The number of aromatic nitrogens is 1. The molecule has 3 aliphatic heterocycles. The standard InChI is InChI=1S/C56H66F10N8O8/c1-31-16-34(23-68-49(31)72-25-38-14-15-39(26-72)74(38)40-29-82-30-40)13-10-32-8-11-33(12-9-32)17-36(20-45(75)48(70-52(79)81-7)54(4,5)56(64,65)66)46(76)28-73(71-50(78)42(21-47(77)80-6)53(2,3)55(61,62)63)27-41-43(57)18-35(19-44(41)58)37(22-67)24-69-51(59)60/h8-9,11-12,16,18-19,22-24,36,38-40,42,46,48,51,76H,14-15,17,20-21,25-30,67H2,1-7H3,(H,70,79)(H,71,78)/t36-,38?,39?,42-,46+,48-/m1/s1. The number of fused-ring (bicyclic) bond motifs is 2. The monoisotopic (exact) mass is 1170 g/mol. The number of alkyl carbamates (subject to hydrolysis) is 1. The number of aliphatic imine (C=N–C) groups is 1. The van der Waals surface area contributed by atoms with Gasteiger partial charge in [-0.15, -0.1) is 0 Å². The minimum atomic E-state index is -5.17. The van der Waals surface area contributed by atoms with Crippen LogP contribution in [0.15, 0.2) is 59.9 Å². The fraction of sp³-hybridized carbons (Fsp3) is 0.536. The van der Waals surface area contributed by atoms with E-state index >= 15 is 8.78 Å². The summed E-state index contributed by atoms with van der Waals surface area (Å²) < 4.78 is 160. The van der Waals surface area contributed by atoms with Crippen molar-refractivity contribution in [3.8, 4) is 11.8 Å². The molecular weight excluding hydrogens is 1100 g/mol. The summed E-state index contributed by atoms with van der Waals surface area (Å²) >= 11 is 0. The number of aliphatic hydroxyl groups excluding tert-OH is 1. The Morgan fingerprint density at radius 3 is 2.00 bits per heavy atom. The van der Waals surface area contributed by atoms with E-state index in [0.717, 1.165) is 64.7 Å². The number of pyridine rings is 1. The van der Waals surface area contributed by atoms with Crippen LogP contribution in [-0.2, 0) is 41.6 Å². The number of anilines is 1. The predicted octanol–water partition coefficient (Wildman–Crippen LogP) is 7.81. The van der Waals surface area contributed by atoms with Gasteiger partial charge < -0.3 is 35.3 Å². The van der Waals surface area contributed by atoms with Crippen molar-refractivity contribution in [2.75, 3.05) is 52.0 Å². The topological polar surface area (TPSA) is 201 Å². The Labute approximate surface area is 467 Å². The number of methoxy groups -OCH3 is 2. The van der Waals surface area contributed by atoms with Gasteiger partial charge in [0.25, 0.3) is 0 Å². The highest BCUT2D eigenvalue weighted by molar-refractivity contribution is 6.09. The number of benzene rings is 2. The highest BCUT2D eigenvalue weighted by atomic mass is 19.4. The molecular formula is C56H66F10N8O8. The van der Waals surface area contributed by atoms with Crippen molar-refractivity contribution in [2.45, 2.75) is 122 Å². The van der Waals surface area contributed by atoms with Crippen LogP contribution in [0.25, 0.3) is 5.57 Å². The van der Waals surface area contributed by atoms with Gasteiger partial charge in [0.05, 0.1) is 62.7 Å². The third kappa shape index (κ3) is 15.4. The highest BCUT2D eigenvalue weighted by Crippen LogP contribution is 2.46. The number of ether oxygens (including phenoxy) is 3. The minimum absolute atomic E-state index is 0.336. The van der Waals surface area contributed by atoms with Crippen molar-refractivity contribution in [3.05, 3.63) is 99.9 Å². The fourth-order valence-corrected chi connectivity index (χ4v) is 10.3. The molecule has 3 saturated heterocycles. The molecule has 26 heteroatoms. The van der Waals surface area contributed by atoms with Crippen molar-refractivity contribution >= 4 is 41.4 Å². The first kappa shape index (κ1) is 64.3. The number of nitrogens with one attached hydrogen (secondary N) is 2. The molecule has 2 bridgehead atoms. The first-order chi connectivity index (χ1) is 38.4. The van der Waals surface area contributed by atoms with Crippen LogP contribution in [0.1, 0.15) is 86.8 Å². The van der Waals surface area contributed by atoms with Gasteiger partial charge in [0.2, 0.25) is 5.91 Å². The minimum Gasteiger partial charge on any atom is -0.469 e. The number of nitrogens with two attached hydrogens (primary N) is 1. The molecule has 5 N–H and O–H groups in total. The van der Waals surface area contributed by atoms with Crippen LogP contribution in [0.4, 0.5) is 54.5 Å². The molecule has 4 heterocycles. The molecule has 0 saturated carbocycles. The zero-order chi connectivity index (χ0) is 60.6. The lowest BCUT2D eigenvalue weighted by Crippen LogP contribution is -2.62. The maximum atomic E-state index is 16.1. The van der Waals surface area contributed by atoms with E-state index in [9.17, 15) is 59.4 Å². The predicted molar refractivity (Wildman–Crippen MR) is 280 cm³/mol. The molecule has 6 rings (SSSR count). The van der Waals surface area contributed by atoms with Gasteiger partial charge in [0.15, 0.2) is 5.78 Å². The third-order valence-corrected chi connectivity index (χ3v) is 15.5. The van der Waals surface area contributed by atoms with Crippen molar-refractivity contribution in [1.29, 1.82) is 0 Å². The lowest BCUT2D eigenvalue weighted by atomic mass is 9.75. The van der Waals surface area contributed by atoms with Crippen molar-refractivity contribution in [2.24, 2.45) is 33.4 Å². The molecule has 3 aliphatic rings. The van der Waals surface area contributed by atoms with Crippen LogP contribution in [0.3, 0.4) is 0 Å². The van der Waals surface area contributed by atoms with Gasteiger partial charge in [-0.1, -0.05) is 37.8 Å². The van der Waals surface area contributed by atoms with E-state index in [1.54, 1.807) is 18.3 Å². The van der Waals surface area contributed by atoms with E-state index in [2.05, 4.69) is 41.5 Å². The van der Waals surface area contributed by atoms with Crippen LogP contribution in [0, 0.1) is 53.1 Å². The molecule has 3 fully saturated rings. The Morgan fingerprint density at radius 1 is 0.890 bits per heavy atom. The molecule has 2 amide bonds. The first-order valence-electron chi connectivity index (χ1n) is 26.1. The number of carbonyl (C=O) groups is 4. The molecule has 3 aromatic rings. The second kappa shape index (κ2) is 26.6. The number of hydrogen-bond acceptors (Lipinski definition) is 14. The summed E-state index contributed by atoms with van der Waals surface area (Å²) in [6.45, 7) is 2.20. The second-order valence-electron chi connectivity index (χ2n) is 21.7. The molecule has 0 aliphatic carbocycles. The average Bonchev–Trinajstić information content (AvgIpc) is 3.38. The number of allylic oxidation sites excluding steroid dienone is 1. The van der Waals surface area contributed by atoms with Gasteiger partial charge in [-0.25, -0.2) is 28.6 Å². The molecule has 6 atom stereocenters. The van der Waals surface area contributed by atoms with Crippen LogP contribution >= 0.6 is 0 Å². The Bertz CT molecular complexity index is 2870. The number of piperazine rings is 1. The number of carbonyl (C=O) groups excluding carboxylic acids is 4. The lowest BCUT2D eigenvalue weighted by molar-refractivity contribution is -0.231. The van der Waals surface area contributed by atoms with Crippen molar-refractivity contribution in [1.82, 2.24) is 25.6 Å². The number of halogens is 10. The summed E-state index contributed by atoms with van der Waals surface area (Å²) in [6, 6.07) is 8.34. The van der Waals surface area contributed by atoms with Crippen LogP contribution in [-0.4, -0.2) is 146 Å². The summed E-state index contributed by atoms with van der Waals surface area (Å²) in [5, 5.41) is 14.7. The smallest absolute Gasteiger partial charge is 0.407 e. The molecule has 82 heavy (non-hydrogen) atoms. The number of nitrogens with zero attached hydrogens (tertiary/aromatic N) is 5. The van der Waals surface area contributed by atoms with Gasteiger partial charge in [-0.3, -0.25) is 24.7 Å². The quantitative estimate of drug-likeness (QED) is 0.0190. The summed E-state index contributed by atoms with van der Waals surface area (Å²) in [7, 11) is 1.69. The Morgan fingerprint density at radius 2 is 1.49 bits per heavy atom. The second-order valence-corrected chi connectivity index (χ2v) is 21.7. The molecule has 0 spiro atoms. The van der Waals surface area contributed by atoms with E-state index in [0.29, 0.717) is 92.1 Å². The number of aliphatic hydroxyl groups is 1. The normalized spacial score (nSPS) is 18.8. The molecule has 2 unspecified atom stereocenters. The van der Waals surface area contributed by atoms with Gasteiger partial charge in [0, 0.05) is 85.6 Å². The molecule has 448 valence electrons. The first-order valence-corrected chi connectivity index (χ1v) is 26.1. The number of esters is 1. The largest absolute Gasteiger partial charge is 0.469 e. The number of rotatable bonds is 22. The SMILES string of the molecule is COC(=O)C[C@H](C(=O)NN(Cc1c(F)cc(C(C=NC(F)F)=CN)cc1F)C[C@H](O)[C@@H](CC(=O)[C@@H](NC(=O)OC)C(C)(C)C(F)(F)F)Cc1ccc(C#Cc2cnc(N3CC4CCC(C3)N4C3COC3)c(C)c2)cc1)C(C)(C)C(F)(F)F. The maximum Gasteiger partial charge on any atom is 0.407 e. The Balaban J connectivity index is 1.33. The number of ketones is 1. The number of hydrogen-bond donors (Lipinski definition) is 4. The molecule has 2 aromatic carbocycles. The third-order valence-electron chi connectivity index (χ3n) is 15.5. The number of aryl methyl sites for hydroxylation is 1. The molecule has 0 radical (unpaired) electrons.